The minimum absolute atomic E-state index is 0.0274. The molecular formula is C21H21ClN4O5S. The van der Waals surface area contributed by atoms with Crippen molar-refractivity contribution in [3.8, 4) is 11.3 Å². The molecule has 1 aromatic heterocycles. The molecule has 1 aliphatic heterocycles. The second kappa shape index (κ2) is 8.99. The minimum Gasteiger partial charge on any atom is -0.439 e. The van der Waals surface area contributed by atoms with Gasteiger partial charge < -0.3 is 4.42 Å². The summed E-state index contributed by atoms with van der Waals surface area (Å²) in [6.45, 7) is 3.62. The van der Waals surface area contributed by atoms with Gasteiger partial charge in [0.1, 0.15) is 0 Å². The number of hydrogen-bond donors (Lipinski definition) is 0. The van der Waals surface area contributed by atoms with Crippen LogP contribution in [0.1, 0.15) is 11.5 Å². The van der Waals surface area contributed by atoms with Gasteiger partial charge in [0, 0.05) is 48.9 Å². The lowest BCUT2D eigenvalue weighted by atomic mass is 10.2. The number of halogens is 1. The molecule has 1 aliphatic rings. The van der Waals surface area contributed by atoms with E-state index in [2.05, 4.69) is 9.88 Å². The third-order valence-electron chi connectivity index (χ3n) is 5.37. The Balaban J connectivity index is 1.41. The molecule has 0 atom stereocenters. The van der Waals surface area contributed by atoms with Gasteiger partial charge in [-0.05, 0) is 36.8 Å². The van der Waals surface area contributed by atoms with Gasteiger partial charge in [0.25, 0.3) is 5.69 Å². The van der Waals surface area contributed by atoms with Crippen molar-refractivity contribution in [2.75, 3.05) is 26.2 Å². The molecule has 1 fully saturated rings. The van der Waals surface area contributed by atoms with Crippen molar-refractivity contribution < 1.29 is 17.8 Å². The molecule has 0 N–H and O–H groups in total. The molecule has 0 aliphatic carbocycles. The predicted octanol–water partition coefficient (Wildman–Crippen LogP) is 3.72. The zero-order valence-electron chi connectivity index (χ0n) is 17.3. The molecule has 4 rings (SSSR count). The van der Waals surface area contributed by atoms with Gasteiger partial charge in [-0.1, -0.05) is 17.7 Å². The smallest absolute Gasteiger partial charge is 0.270 e. The van der Waals surface area contributed by atoms with Crippen molar-refractivity contribution in [3.63, 3.8) is 0 Å². The second-order valence-electron chi connectivity index (χ2n) is 7.51. The van der Waals surface area contributed by atoms with E-state index < -0.39 is 14.9 Å². The first-order chi connectivity index (χ1) is 15.2. The summed E-state index contributed by atoms with van der Waals surface area (Å²) in [6.07, 6.45) is 1.66. The number of nitrogens with zero attached hydrogens (tertiary/aromatic N) is 4. The Bertz CT molecular complexity index is 1240. The maximum Gasteiger partial charge on any atom is 0.270 e. The third-order valence-corrected chi connectivity index (χ3v) is 7.67. The molecule has 168 valence electrons. The number of piperazine rings is 1. The van der Waals surface area contributed by atoms with Crippen LogP contribution in [-0.2, 0) is 16.6 Å². The molecule has 2 aromatic carbocycles. The van der Waals surface area contributed by atoms with E-state index in [9.17, 15) is 18.5 Å². The first kappa shape index (κ1) is 22.4. The van der Waals surface area contributed by atoms with Crippen molar-refractivity contribution in [2.45, 2.75) is 18.4 Å². The zero-order valence-corrected chi connectivity index (χ0v) is 18.8. The third kappa shape index (κ3) is 4.68. The molecule has 2 heterocycles. The van der Waals surface area contributed by atoms with Crippen LogP contribution in [0.4, 0.5) is 5.69 Å². The number of aryl methyl sites for hydroxylation is 1. The number of benzene rings is 2. The van der Waals surface area contributed by atoms with Gasteiger partial charge >= 0.3 is 0 Å². The standard InChI is InChI=1S/C21H21ClN4O5S/c1-15-2-7-18(26(27)28)12-20(15)32(29,30)25-10-8-24(9-11-25)14-21-23-13-19(31-21)16-3-5-17(22)6-4-16/h2-7,12-13H,8-11,14H2,1H3. The van der Waals surface area contributed by atoms with Crippen LogP contribution in [0.2, 0.25) is 5.02 Å². The number of rotatable bonds is 6. The molecule has 0 bridgehead atoms. The van der Waals surface area contributed by atoms with Crippen LogP contribution in [0.25, 0.3) is 11.3 Å². The van der Waals surface area contributed by atoms with Crippen LogP contribution in [0.5, 0.6) is 0 Å². The molecular weight excluding hydrogens is 456 g/mol. The molecule has 3 aromatic rings. The summed E-state index contributed by atoms with van der Waals surface area (Å²) in [6, 6.07) is 11.2. The Morgan fingerprint density at radius 1 is 1.12 bits per heavy atom. The van der Waals surface area contributed by atoms with Gasteiger partial charge in [-0.2, -0.15) is 4.31 Å². The average molecular weight is 477 g/mol. The highest BCUT2D eigenvalue weighted by Gasteiger charge is 2.31. The van der Waals surface area contributed by atoms with Crippen molar-refractivity contribution >= 4 is 27.3 Å². The lowest BCUT2D eigenvalue weighted by Crippen LogP contribution is -2.48. The fourth-order valence-corrected chi connectivity index (χ4v) is 5.36. The summed E-state index contributed by atoms with van der Waals surface area (Å²) in [4.78, 5) is 16.8. The number of oxazole rings is 1. The van der Waals surface area contributed by atoms with Crippen LogP contribution < -0.4 is 0 Å². The normalized spacial score (nSPS) is 15.7. The number of sulfonamides is 1. The Hall–Kier alpha value is -2.79. The van der Waals surface area contributed by atoms with Gasteiger partial charge in [0.15, 0.2) is 5.76 Å². The Morgan fingerprint density at radius 2 is 1.81 bits per heavy atom. The van der Waals surface area contributed by atoms with E-state index in [0.717, 1.165) is 11.6 Å². The largest absolute Gasteiger partial charge is 0.439 e. The number of hydrogen-bond acceptors (Lipinski definition) is 7. The van der Waals surface area contributed by atoms with Gasteiger partial charge in [0.2, 0.25) is 15.9 Å². The monoisotopic (exact) mass is 476 g/mol. The van der Waals surface area contributed by atoms with Crippen LogP contribution in [-0.4, -0.2) is 53.7 Å². The Labute approximate surface area is 190 Å². The summed E-state index contributed by atoms with van der Waals surface area (Å²) in [7, 11) is -3.83. The van der Waals surface area contributed by atoms with Gasteiger partial charge in [-0.3, -0.25) is 15.0 Å². The van der Waals surface area contributed by atoms with Crippen molar-refractivity contribution in [1.29, 1.82) is 0 Å². The van der Waals surface area contributed by atoms with E-state index in [0.29, 0.717) is 41.9 Å². The summed E-state index contributed by atoms with van der Waals surface area (Å²) in [5, 5.41) is 11.7. The maximum atomic E-state index is 13.1. The summed E-state index contributed by atoms with van der Waals surface area (Å²) >= 11 is 5.92. The van der Waals surface area contributed by atoms with Crippen LogP contribution >= 0.6 is 11.6 Å². The Kier molecular flexibility index (Phi) is 6.29. The summed E-state index contributed by atoms with van der Waals surface area (Å²) in [5.41, 5.74) is 1.11. The van der Waals surface area contributed by atoms with Crippen LogP contribution in [0.15, 0.2) is 58.0 Å². The molecule has 11 heteroatoms. The van der Waals surface area contributed by atoms with E-state index >= 15 is 0 Å². The average Bonchev–Trinajstić information content (AvgIpc) is 3.23. The van der Waals surface area contributed by atoms with Crippen molar-refractivity contribution in [3.05, 3.63) is 75.3 Å². The number of nitro benzene ring substituents is 1. The van der Waals surface area contributed by atoms with Gasteiger partial charge in [-0.25, -0.2) is 13.4 Å². The Morgan fingerprint density at radius 3 is 2.47 bits per heavy atom. The van der Waals surface area contributed by atoms with Crippen LogP contribution in [0, 0.1) is 17.0 Å². The summed E-state index contributed by atoms with van der Waals surface area (Å²) in [5.74, 6) is 1.18. The molecule has 0 amide bonds. The first-order valence-corrected chi connectivity index (χ1v) is 11.7. The minimum atomic E-state index is -3.83. The molecule has 9 nitrogen and oxygen atoms in total. The lowest BCUT2D eigenvalue weighted by molar-refractivity contribution is -0.385. The lowest BCUT2D eigenvalue weighted by Gasteiger charge is -2.33. The number of nitro groups is 1. The molecule has 0 radical (unpaired) electrons. The van der Waals surface area contributed by atoms with E-state index in [1.165, 1.54) is 16.4 Å². The molecule has 32 heavy (non-hydrogen) atoms. The van der Waals surface area contributed by atoms with E-state index in [1.54, 1.807) is 25.3 Å². The molecule has 0 unspecified atom stereocenters. The fraction of sp³-hybridized carbons (Fsp3) is 0.286. The molecule has 0 saturated carbocycles. The molecule has 0 spiro atoms. The predicted molar refractivity (Wildman–Crippen MR) is 119 cm³/mol. The van der Waals surface area contributed by atoms with Crippen molar-refractivity contribution in [1.82, 2.24) is 14.2 Å². The quantitative estimate of drug-likeness (QED) is 0.394. The van der Waals surface area contributed by atoms with E-state index in [4.69, 9.17) is 16.0 Å². The SMILES string of the molecule is Cc1ccc([N+](=O)[O-])cc1S(=O)(=O)N1CCN(Cc2ncc(-c3ccc(Cl)cc3)o2)CC1. The van der Waals surface area contributed by atoms with E-state index in [1.807, 2.05) is 12.1 Å². The number of aromatic nitrogens is 1. The van der Waals surface area contributed by atoms with Gasteiger partial charge in [-0.15, -0.1) is 0 Å². The van der Waals surface area contributed by atoms with Crippen molar-refractivity contribution in [2.24, 2.45) is 0 Å². The maximum absolute atomic E-state index is 13.1. The fourth-order valence-electron chi connectivity index (χ4n) is 3.57. The van der Waals surface area contributed by atoms with E-state index in [-0.39, 0.29) is 23.7 Å². The van der Waals surface area contributed by atoms with Gasteiger partial charge in [0.05, 0.1) is 22.6 Å². The second-order valence-corrected chi connectivity index (χ2v) is 9.86. The highest BCUT2D eigenvalue weighted by molar-refractivity contribution is 7.89. The first-order valence-electron chi connectivity index (χ1n) is 9.92. The number of non-ortho nitro benzene ring substituents is 1. The zero-order chi connectivity index (χ0) is 22.9. The highest BCUT2D eigenvalue weighted by atomic mass is 35.5. The molecule has 1 saturated heterocycles. The topological polar surface area (TPSA) is 110 Å². The highest BCUT2D eigenvalue weighted by Crippen LogP contribution is 2.26. The summed E-state index contributed by atoms with van der Waals surface area (Å²) < 4.78 is 33.4. The van der Waals surface area contributed by atoms with Crippen LogP contribution in [0.3, 0.4) is 0 Å².